The number of carbonyl (C=O) groups excluding carboxylic acids is 2. The van der Waals surface area contributed by atoms with Gasteiger partial charge in [0.2, 0.25) is 11.8 Å². The van der Waals surface area contributed by atoms with Gasteiger partial charge in [-0.2, -0.15) is 0 Å². The minimum Gasteiger partial charge on any atom is -0.508 e. The Morgan fingerprint density at radius 1 is 0.926 bits per heavy atom. The summed E-state index contributed by atoms with van der Waals surface area (Å²) >= 11 is 0. The number of aliphatic carboxylic acids is 1. The first-order valence-corrected chi connectivity index (χ1v) is 8.08. The fourth-order valence-electron chi connectivity index (χ4n) is 1.94. The lowest BCUT2D eigenvalue weighted by Crippen LogP contribution is -2.13. The van der Waals surface area contributed by atoms with Crippen molar-refractivity contribution in [2.24, 2.45) is 11.5 Å². The van der Waals surface area contributed by atoms with E-state index in [-0.39, 0.29) is 24.5 Å². The molecule has 0 aliphatic rings. The van der Waals surface area contributed by atoms with Crippen LogP contribution in [0, 0.1) is 0 Å². The number of amides is 2. The summed E-state index contributed by atoms with van der Waals surface area (Å²) in [6.45, 7) is 0.336. The van der Waals surface area contributed by atoms with E-state index < -0.39 is 11.9 Å². The van der Waals surface area contributed by atoms with Crippen molar-refractivity contribution in [1.82, 2.24) is 0 Å². The lowest BCUT2D eigenvalue weighted by atomic mass is 10.1. The zero-order valence-electron chi connectivity index (χ0n) is 14.6. The fraction of sp³-hybridized carbons (Fsp3) is 0.211. The Kier molecular flexibility index (Phi) is 8.87. The van der Waals surface area contributed by atoms with Gasteiger partial charge in [0, 0.05) is 12.0 Å². The maximum atomic E-state index is 10.8. The molecule has 2 rings (SSSR count). The molecular weight excluding hydrogens is 352 g/mol. The normalized spacial score (nSPS) is 9.63. The molecule has 144 valence electrons. The average Bonchev–Trinajstić information content (AvgIpc) is 2.61. The second-order valence-corrected chi connectivity index (χ2v) is 5.54. The summed E-state index contributed by atoms with van der Waals surface area (Å²) in [5.41, 5.74) is 11.3. The van der Waals surface area contributed by atoms with Gasteiger partial charge in [-0.1, -0.05) is 12.1 Å². The molecule has 8 heteroatoms. The number of aromatic hydroxyl groups is 1. The van der Waals surface area contributed by atoms with Crippen molar-refractivity contribution in [1.29, 1.82) is 0 Å². The Morgan fingerprint density at radius 3 is 2.00 bits per heavy atom. The quantitative estimate of drug-likeness (QED) is 0.513. The van der Waals surface area contributed by atoms with E-state index in [0.717, 1.165) is 5.56 Å². The molecule has 0 bridgehead atoms. The van der Waals surface area contributed by atoms with Gasteiger partial charge in [0.1, 0.15) is 11.5 Å². The highest BCUT2D eigenvalue weighted by Gasteiger charge is 2.01. The largest absolute Gasteiger partial charge is 0.508 e. The average molecular weight is 374 g/mol. The maximum Gasteiger partial charge on any atom is 0.303 e. The third-order valence-corrected chi connectivity index (χ3v) is 3.26. The summed E-state index contributed by atoms with van der Waals surface area (Å²) < 4.78 is 5.28. The van der Waals surface area contributed by atoms with Gasteiger partial charge < -0.3 is 26.4 Å². The molecular formula is C19H22N2O6. The van der Waals surface area contributed by atoms with Gasteiger partial charge in [0.05, 0.1) is 13.0 Å². The number of primary amides is 2. The number of benzene rings is 2. The minimum atomic E-state index is -0.840. The van der Waals surface area contributed by atoms with Crippen molar-refractivity contribution in [2.75, 3.05) is 6.61 Å². The van der Waals surface area contributed by atoms with Crippen LogP contribution < -0.4 is 16.2 Å². The minimum absolute atomic E-state index is 0.0827. The lowest BCUT2D eigenvalue weighted by Gasteiger charge is -2.05. The summed E-state index contributed by atoms with van der Waals surface area (Å²) in [5.74, 6) is -0.908. The van der Waals surface area contributed by atoms with Crippen LogP contribution in [0.25, 0.3) is 0 Å². The number of phenols is 1. The van der Waals surface area contributed by atoms with Gasteiger partial charge in [0.15, 0.2) is 0 Å². The van der Waals surface area contributed by atoms with Crippen molar-refractivity contribution in [3.05, 3.63) is 59.7 Å². The number of nitrogens with two attached hydrogens (primary N) is 2. The van der Waals surface area contributed by atoms with Gasteiger partial charge >= 0.3 is 5.97 Å². The molecule has 0 aliphatic carbocycles. The van der Waals surface area contributed by atoms with Crippen LogP contribution in [0.5, 0.6) is 11.5 Å². The van der Waals surface area contributed by atoms with Gasteiger partial charge in [-0.25, -0.2) is 0 Å². The Labute approximate surface area is 156 Å². The van der Waals surface area contributed by atoms with Crippen molar-refractivity contribution in [3.8, 4) is 11.5 Å². The number of phenolic OH excluding ortho intramolecular Hbond substituents is 1. The van der Waals surface area contributed by atoms with Gasteiger partial charge in [0.25, 0.3) is 0 Å². The van der Waals surface area contributed by atoms with Crippen LogP contribution in [0.15, 0.2) is 48.5 Å². The van der Waals surface area contributed by atoms with E-state index in [4.69, 9.17) is 26.4 Å². The van der Waals surface area contributed by atoms with Gasteiger partial charge in [-0.15, -0.1) is 0 Å². The highest BCUT2D eigenvalue weighted by atomic mass is 16.5. The Hall–Kier alpha value is -3.55. The molecule has 27 heavy (non-hydrogen) atoms. The molecule has 0 aliphatic heterocycles. The smallest absolute Gasteiger partial charge is 0.303 e. The summed E-state index contributed by atoms with van der Waals surface area (Å²) in [6, 6.07) is 12.8. The van der Waals surface area contributed by atoms with E-state index in [1.807, 2.05) is 0 Å². The number of hydrogen-bond acceptors (Lipinski definition) is 5. The van der Waals surface area contributed by atoms with Crippen LogP contribution in [-0.2, 0) is 16.0 Å². The van der Waals surface area contributed by atoms with E-state index in [0.29, 0.717) is 24.3 Å². The molecule has 0 saturated carbocycles. The van der Waals surface area contributed by atoms with Crippen molar-refractivity contribution < 1.29 is 29.3 Å². The zero-order chi connectivity index (χ0) is 20.2. The zero-order valence-corrected chi connectivity index (χ0v) is 14.6. The maximum absolute atomic E-state index is 10.8. The third kappa shape index (κ3) is 9.49. The van der Waals surface area contributed by atoms with Crippen LogP contribution in [0.3, 0.4) is 0 Å². The number of hydrogen-bond donors (Lipinski definition) is 4. The molecule has 8 nitrogen and oxygen atoms in total. The molecule has 2 aromatic rings. The van der Waals surface area contributed by atoms with Gasteiger partial charge in [-0.05, 0) is 48.4 Å². The van der Waals surface area contributed by atoms with E-state index in [2.05, 4.69) is 0 Å². The third-order valence-electron chi connectivity index (χ3n) is 3.26. The molecule has 0 atom stereocenters. The number of rotatable bonds is 8. The SMILES string of the molecule is NC(=O)Cc1ccc(O)cc1.NC(=O)c1ccc(OCCCC(=O)O)cc1. The lowest BCUT2D eigenvalue weighted by molar-refractivity contribution is -0.137. The molecule has 0 unspecified atom stereocenters. The van der Waals surface area contributed by atoms with Crippen molar-refractivity contribution >= 4 is 17.8 Å². The summed E-state index contributed by atoms with van der Waals surface area (Å²) in [5, 5.41) is 17.3. The standard InChI is InChI=1S/C11H13NO4.C8H9NO2/c12-11(15)8-3-5-9(6-4-8)16-7-1-2-10(13)14;9-8(11)5-6-1-3-7(10)4-2-6/h3-6H,1-2,7H2,(H2,12,15)(H,13,14);1-4,10H,5H2,(H2,9,11). The molecule has 2 aromatic carbocycles. The Morgan fingerprint density at radius 2 is 1.52 bits per heavy atom. The van der Waals surface area contributed by atoms with Crippen LogP contribution in [0.1, 0.15) is 28.8 Å². The first-order chi connectivity index (χ1) is 12.8. The molecule has 0 fully saturated rings. The molecule has 0 aromatic heterocycles. The molecule has 0 saturated heterocycles. The highest BCUT2D eigenvalue weighted by molar-refractivity contribution is 5.92. The predicted molar refractivity (Wildman–Crippen MR) is 98.3 cm³/mol. The highest BCUT2D eigenvalue weighted by Crippen LogP contribution is 2.12. The van der Waals surface area contributed by atoms with Crippen LogP contribution >= 0.6 is 0 Å². The van der Waals surface area contributed by atoms with Crippen molar-refractivity contribution in [2.45, 2.75) is 19.3 Å². The van der Waals surface area contributed by atoms with E-state index in [9.17, 15) is 14.4 Å². The van der Waals surface area contributed by atoms with E-state index in [1.165, 1.54) is 12.1 Å². The molecule has 2 amide bonds. The van der Waals surface area contributed by atoms with Crippen LogP contribution in [0.4, 0.5) is 0 Å². The number of carbonyl (C=O) groups is 3. The number of carboxylic acid groups (broad SMARTS) is 1. The first-order valence-electron chi connectivity index (χ1n) is 8.08. The summed E-state index contributed by atoms with van der Waals surface area (Å²) in [7, 11) is 0. The molecule has 0 heterocycles. The first kappa shape index (κ1) is 21.5. The second kappa shape index (κ2) is 11.1. The Bertz CT molecular complexity index is 757. The van der Waals surface area contributed by atoms with Gasteiger partial charge in [-0.3, -0.25) is 14.4 Å². The number of carboxylic acids is 1. The molecule has 6 N–H and O–H groups in total. The predicted octanol–water partition coefficient (Wildman–Crippen LogP) is 1.45. The fourth-order valence-corrected chi connectivity index (χ4v) is 1.94. The molecule has 0 radical (unpaired) electrons. The summed E-state index contributed by atoms with van der Waals surface area (Å²) in [6.07, 6.45) is 0.757. The summed E-state index contributed by atoms with van der Waals surface area (Å²) in [4.78, 5) is 31.4. The van der Waals surface area contributed by atoms with E-state index in [1.54, 1.807) is 36.4 Å². The second-order valence-electron chi connectivity index (χ2n) is 5.54. The van der Waals surface area contributed by atoms with Crippen LogP contribution in [0.2, 0.25) is 0 Å². The molecule has 0 spiro atoms. The Balaban J connectivity index is 0.000000289. The monoisotopic (exact) mass is 374 g/mol. The van der Waals surface area contributed by atoms with Crippen LogP contribution in [-0.4, -0.2) is 34.6 Å². The topological polar surface area (TPSA) is 153 Å². The van der Waals surface area contributed by atoms with Crippen molar-refractivity contribution in [3.63, 3.8) is 0 Å². The number of ether oxygens (including phenoxy) is 1. The van der Waals surface area contributed by atoms with E-state index >= 15 is 0 Å².